The molecule has 4 nitrogen and oxygen atoms in total. The van der Waals surface area contributed by atoms with E-state index < -0.39 is 0 Å². The zero-order valence-corrected chi connectivity index (χ0v) is 25.8. The van der Waals surface area contributed by atoms with Crippen LogP contribution < -0.4 is 0 Å². The van der Waals surface area contributed by atoms with Gasteiger partial charge in [-0.2, -0.15) is 0 Å². The highest BCUT2D eigenvalue weighted by Crippen LogP contribution is 2.38. The second-order valence-electron chi connectivity index (χ2n) is 11.0. The molecule has 7 aromatic rings. The molecule has 7 rings (SSSR count). The molecule has 0 bridgehead atoms. The summed E-state index contributed by atoms with van der Waals surface area (Å²) in [5, 5.41) is 22.0. The Morgan fingerprint density at radius 2 is 0.750 bits per heavy atom. The van der Waals surface area contributed by atoms with E-state index in [1.165, 1.54) is 0 Å². The first-order valence-corrected chi connectivity index (χ1v) is 15.4. The molecule has 2 aromatic heterocycles. The van der Waals surface area contributed by atoms with Gasteiger partial charge in [0.25, 0.3) is 0 Å². The van der Waals surface area contributed by atoms with Gasteiger partial charge in [-0.25, -0.2) is 0 Å². The Hall–Kier alpha value is -6.88. The second kappa shape index (κ2) is 13.6. The first kappa shape index (κ1) is 29.8. The number of hydrogen-bond donors (Lipinski definition) is 2. The number of phenols is 2. The van der Waals surface area contributed by atoms with Gasteiger partial charge in [0, 0.05) is 56.9 Å². The fourth-order valence-corrected chi connectivity index (χ4v) is 5.44. The first-order valence-electron chi connectivity index (χ1n) is 15.4. The maximum Gasteiger partial charge on any atom is 0.132 e. The fraction of sp³-hybridized carbons (Fsp3) is 0. The Kier molecular flexibility index (Phi) is 8.46. The number of benzene rings is 5. The summed E-state index contributed by atoms with van der Waals surface area (Å²) in [6, 6.07) is 46.3. The van der Waals surface area contributed by atoms with Crippen LogP contribution in [0.5, 0.6) is 11.5 Å². The molecule has 0 saturated carbocycles. The quantitative estimate of drug-likeness (QED) is 0.193. The Morgan fingerprint density at radius 3 is 1.15 bits per heavy atom. The Bertz CT molecular complexity index is 2170. The van der Waals surface area contributed by atoms with Crippen molar-refractivity contribution in [2.45, 2.75) is 0 Å². The lowest BCUT2D eigenvalue weighted by Gasteiger charge is -2.10. The van der Waals surface area contributed by atoms with Crippen molar-refractivity contribution in [3.63, 3.8) is 0 Å². The van der Waals surface area contributed by atoms with Crippen LogP contribution in [-0.4, -0.2) is 20.2 Å². The third-order valence-electron chi connectivity index (χ3n) is 7.93. The summed E-state index contributed by atoms with van der Waals surface area (Å²) < 4.78 is 0. The van der Waals surface area contributed by atoms with Crippen molar-refractivity contribution < 1.29 is 10.2 Å². The summed E-state index contributed by atoms with van der Waals surface area (Å²) in [4.78, 5) is 9.19. The zero-order valence-electron chi connectivity index (χ0n) is 25.8. The maximum absolute atomic E-state index is 11.0. The molecule has 0 aliphatic heterocycles. The predicted octanol–water partition coefficient (Wildman–Crippen LogP) is 9.36. The van der Waals surface area contributed by atoms with Crippen LogP contribution in [0, 0.1) is 23.7 Å². The Labute approximate surface area is 279 Å². The summed E-state index contributed by atoms with van der Waals surface area (Å²) >= 11 is 0. The predicted molar refractivity (Wildman–Crippen MR) is 192 cm³/mol. The SMILES string of the molecule is Oc1c(-c2ccccc2)cccc1-c1ccc(C#Cc2ccccc2C#Cc2ccc(-c3cccc(-c4ccccc4)c3O)nc2)cn1. The van der Waals surface area contributed by atoms with Crippen LogP contribution in [0.1, 0.15) is 22.3 Å². The number of para-hydroxylation sites is 2. The number of phenolic OH excluding ortho intramolecular Hbond substituents is 2. The van der Waals surface area contributed by atoms with Gasteiger partial charge in [-0.3, -0.25) is 9.97 Å². The molecular formula is C44H28N2O2. The molecule has 0 radical (unpaired) electrons. The lowest BCUT2D eigenvalue weighted by atomic mass is 9.99. The average Bonchev–Trinajstić information content (AvgIpc) is 3.15. The van der Waals surface area contributed by atoms with Gasteiger partial charge in [0.05, 0.1) is 11.4 Å². The molecule has 226 valence electrons. The standard InChI is InChI=1S/C44H28N2O2/c47-43-37(35-13-3-1-4-14-35)17-9-19-39(43)41-27-23-31(29-45-41)21-25-33-11-7-8-12-34(33)26-22-32-24-28-42(46-30-32)40-20-10-18-38(44(40)48)36-15-5-2-6-16-36/h1-20,23-24,27-30,47-48H. The van der Waals surface area contributed by atoms with E-state index in [0.717, 1.165) is 44.5 Å². The van der Waals surface area contributed by atoms with E-state index in [1.54, 1.807) is 12.4 Å². The van der Waals surface area contributed by atoms with Crippen LogP contribution >= 0.6 is 0 Å². The van der Waals surface area contributed by atoms with Crippen LogP contribution in [0.25, 0.3) is 44.8 Å². The van der Waals surface area contributed by atoms with Gasteiger partial charge in [-0.15, -0.1) is 0 Å². The molecule has 2 N–H and O–H groups in total. The van der Waals surface area contributed by atoms with E-state index in [1.807, 2.05) is 146 Å². The molecule has 48 heavy (non-hydrogen) atoms. The highest BCUT2D eigenvalue weighted by atomic mass is 16.3. The van der Waals surface area contributed by atoms with Crippen molar-refractivity contribution in [2.24, 2.45) is 0 Å². The molecule has 0 fully saturated rings. The van der Waals surface area contributed by atoms with Crippen LogP contribution in [0.4, 0.5) is 0 Å². The van der Waals surface area contributed by atoms with Gasteiger partial charge in [0.2, 0.25) is 0 Å². The number of aromatic nitrogens is 2. The van der Waals surface area contributed by atoms with Crippen molar-refractivity contribution in [3.05, 3.63) is 180 Å². The first-order chi connectivity index (χ1) is 23.6. The third kappa shape index (κ3) is 6.42. The van der Waals surface area contributed by atoms with Crippen LogP contribution in [0.2, 0.25) is 0 Å². The van der Waals surface area contributed by atoms with Crippen molar-refractivity contribution in [1.29, 1.82) is 0 Å². The summed E-state index contributed by atoms with van der Waals surface area (Å²) in [5.74, 6) is 13.3. The number of aromatic hydroxyl groups is 2. The van der Waals surface area contributed by atoms with E-state index in [2.05, 4.69) is 33.6 Å². The van der Waals surface area contributed by atoms with Gasteiger partial charge >= 0.3 is 0 Å². The minimum absolute atomic E-state index is 0.197. The molecule has 0 atom stereocenters. The van der Waals surface area contributed by atoms with Crippen LogP contribution in [-0.2, 0) is 0 Å². The topological polar surface area (TPSA) is 66.2 Å². The zero-order chi connectivity index (χ0) is 32.7. The van der Waals surface area contributed by atoms with E-state index in [9.17, 15) is 10.2 Å². The van der Waals surface area contributed by atoms with Gasteiger partial charge in [0.1, 0.15) is 11.5 Å². The highest BCUT2D eigenvalue weighted by molar-refractivity contribution is 5.82. The summed E-state index contributed by atoms with van der Waals surface area (Å²) in [7, 11) is 0. The van der Waals surface area contributed by atoms with Crippen molar-refractivity contribution in [1.82, 2.24) is 9.97 Å². The fourth-order valence-electron chi connectivity index (χ4n) is 5.44. The Morgan fingerprint density at radius 1 is 0.354 bits per heavy atom. The molecular weight excluding hydrogens is 588 g/mol. The number of rotatable bonds is 4. The monoisotopic (exact) mass is 616 g/mol. The summed E-state index contributed by atoms with van der Waals surface area (Å²) in [5.41, 5.74) is 9.17. The average molecular weight is 617 g/mol. The third-order valence-corrected chi connectivity index (χ3v) is 7.93. The lowest BCUT2D eigenvalue weighted by molar-refractivity contribution is 0.478. The minimum atomic E-state index is 0.197. The Balaban J connectivity index is 1.09. The molecule has 0 spiro atoms. The van der Waals surface area contributed by atoms with E-state index in [4.69, 9.17) is 0 Å². The second-order valence-corrected chi connectivity index (χ2v) is 11.0. The van der Waals surface area contributed by atoms with Gasteiger partial charge in [-0.05, 0) is 59.7 Å². The number of hydrogen-bond acceptors (Lipinski definition) is 4. The lowest BCUT2D eigenvalue weighted by Crippen LogP contribution is -1.89. The molecule has 0 aliphatic carbocycles. The van der Waals surface area contributed by atoms with Crippen molar-refractivity contribution in [3.8, 4) is 79.9 Å². The van der Waals surface area contributed by atoms with Crippen LogP contribution in [0.15, 0.2) is 158 Å². The summed E-state index contributed by atoms with van der Waals surface area (Å²) in [6.45, 7) is 0. The highest BCUT2D eigenvalue weighted by Gasteiger charge is 2.13. The van der Waals surface area contributed by atoms with Crippen molar-refractivity contribution >= 4 is 0 Å². The molecule has 0 aliphatic rings. The van der Waals surface area contributed by atoms with E-state index >= 15 is 0 Å². The molecule has 0 amide bonds. The smallest absolute Gasteiger partial charge is 0.132 e. The van der Waals surface area contributed by atoms with Crippen molar-refractivity contribution in [2.75, 3.05) is 0 Å². The van der Waals surface area contributed by atoms with Gasteiger partial charge in [-0.1, -0.05) is 121 Å². The van der Waals surface area contributed by atoms with Crippen LogP contribution in [0.3, 0.4) is 0 Å². The number of nitrogens with zero attached hydrogens (tertiary/aromatic N) is 2. The molecule has 2 heterocycles. The maximum atomic E-state index is 11.0. The molecule has 0 saturated heterocycles. The number of pyridine rings is 2. The van der Waals surface area contributed by atoms with Gasteiger partial charge < -0.3 is 10.2 Å². The minimum Gasteiger partial charge on any atom is -0.507 e. The van der Waals surface area contributed by atoms with Gasteiger partial charge in [0.15, 0.2) is 0 Å². The molecule has 0 unspecified atom stereocenters. The molecule has 5 aromatic carbocycles. The largest absolute Gasteiger partial charge is 0.507 e. The summed E-state index contributed by atoms with van der Waals surface area (Å²) in [6.07, 6.45) is 3.43. The molecule has 4 heteroatoms. The normalized spacial score (nSPS) is 10.3. The van der Waals surface area contributed by atoms with E-state index in [-0.39, 0.29) is 11.5 Å². The van der Waals surface area contributed by atoms with E-state index in [0.29, 0.717) is 22.5 Å².